The molecule has 0 aliphatic carbocycles. The Morgan fingerprint density at radius 3 is 2.66 bits per heavy atom. The van der Waals surface area contributed by atoms with Crippen LogP contribution in [-0.2, 0) is 9.53 Å². The Hall–Kier alpha value is -3.50. The third-order valence-corrected chi connectivity index (χ3v) is 6.65. The second kappa shape index (κ2) is 12.8. The van der Waals surface area contributed by atoms with Crippen LogP contribution in [0.25, 0.3) is 0 Å². The van der Waals surface area contributed by atoms with Gasteiger partial charge in [0.2, 0.25) is 0 Å². The summed E-state index contributed by atoms with van der Waals surface area (Å²) in [7, 11) is 1.58. The minimum Gasteiger partial charge on any atom is -0.497 e. The number of benzene rings is 2. The predicted octanol–water partition coefficient (Wildman–Crippen LogP) is 3.26. The summed E-state index contributed by atoms with van der Waals surface area (Å²) in [6.07, 6.45) is 0.339. The zero-order chi connectivity index (χ0) is 27.1. The van der Waals surface area contributed by atoms with Crippen LogP contribution in [0.15, 0.2) is 53.6 Å². The number of morpholine rings is 1. The van der Waals surface area contributed by atoms with Crippen LogP contribution in [0.2, 0.25) is 0 Å². The molecule has 2 aliphatic rings. The number of rotatable bonds is 9. The predicted molar refractivity (Wildman–Crippen MR) is 143 cm³/mol. The molecule has 1 atom stereocenters. The van der Waals surface area contributed by atoms with Gasteiger partial charge in [0.25, 0.3) is 5.91 Å². The number of carbonyl (C=O) groups is 2. The number of halogens is 1. The van der Waals surface area contributed by atoms with E-state index in [1.165, 1.54) is 16.0 Å². The van der Waals surface area contributed by atoms with Crippen molar-refractivity contribution in [1.82, 2.24) is 20.1 Å². The highest BCUT2D eigenvalue weighted by Gasteiger charge is 2.36. The van der Waals surface area contributed by atoms with E-state index in [-0.39, 0.29) is 24.5 Å². The van der Waals surface area contributed by atoms with Gasteiger partial charge in [0.15, 0.2) is 0 Å². The molecule has 0 radical (unpaired) electrons. The smallest absolute Gasteiger partial charge is 0.318 e. The first-order chi connectivity index (χ1) is 18.4. The van der Waals surface area contributed by atoms with E-state index in [4.69, 9.17) is 9.47 Å². The number of carbonyl (C=O) groups excluding carboxylic acids is 2. The van der Waals surface area contributed by atoms with Crippen molar-refractivity contribution in [2.45, 2.75) is 32.4 Å². The largest absolute Gasteiger partial charge is 0.497 e. The number of hydrogen-bond acceptors (Lipinski definition) is 6. The maximum Gasteiger partial charge on any atom is 0.318 e. The minimum atomic E-state index is -0.626. The third kappa shape index (κ3) is 6.87. The van der Waals surface area contributed by atoms with Crippen LogP contribution in [-0.4, -0.2) is 91.5 Å². The van der Waals surface area contributed by atoms with Gasteiger partial charge in [-0.3, -0.25) is 9.69 Å². The maximum absolute atomic E-state index is 14.9. The number of hydrogen-bond donors (Lipinski definition) is 1. The van der Waals surface area contributed by atoms with Gasteiger partial charge in [-0.25, -0.2) is 14.2 Å². The van der Waals surface area contributed by atoms with Gasteiger partial charge in [-0.15, -0.1) is 0 Å². The quantitative estimate of drug-likeness (QED) is 0.543. The first-order valence-electron chi connectivity index (χ1n) is 13.0. The molecule has 3 amide bonds. The zero-order valence-corrected chi connectivity index (χ0v) is 22.2. The van der Waals surface area contributed by atoms with Gasteiger partial charge in [-0.1, -0.05) is 30.3 Å². The first-order valence-corrected chi connectivity index (χ1v) is 13.0. The molecule has 2 aromatic carbocycles. The molecule has 0 unspecified atom stereocenters. The van der Waals surface area contributed by atoms with E-state index in [1.807, 2.05) is 38.1 Å². The summed E-state index contributed by atoms with van der Waals surface area (Å²) in [5.74, 6) is -0.117. The van der Waals surface area contributed by atoms with Crippen LogP contribution >= 0.6 is 0 Å². The molecule has 0 spiro atoms. The van der Waals surface area contributed by atoms with Crippen molar-refractivity contribution in [2.75, 3.05) is 53.0 Å². The average molecular weight is 526 g/mol. The summed E-state index contributed by atoms with van der Waals surface area (Å²) in [5.41, 5.74) is 1.83. The maximum atomic E-state index is 14.9. The van der Waals surface area contributed by atoms with Crippen LogP contribution in [0.1, 0.15) is 37.4 Å². The highest BCUT2D eigenvalue weighted by atomic mass is 19.1. The molecule has 1 fully saturated rings. The van der Waals surface area contributed by atoms with Crippen LogP contribution in [0.3, 0.4) is 0 Å². The Bertz CT molecular complexity index is 1150. The van der Waals surface area contributed by atoms with Crippen molar-refractivity contribution in [3.8, 4) is 5.75 Å². The number of nitrogens with one attached hydrogen (secondary N) is 1. The standard InChI is InChI=1S/C28H36FN5O4/c1-20(2)30-28(36)33(12-11-32-13-15-38-16-14-32)19-27(35)34-26(23-9-4-5-10-24(23)29)18-25(31-34)21-7-6-8-22(17-21)37-3/h4-10,17,20,26H,11-16,18-19H2,1-3H3,(H,30,36)/t26-/m1/s1. The van der Waals surface area contributed by atoms with Gasteiger partial charge < -0.3 is 19.7 Å². The average Bonchev–Trinajstić information content (AvgIpc) is 3.37. The molecule has 1 N–H and O–H groups in total. The van der Waals surface area contributed by atoms with Crippen LogP contribution in [0, 0.1) is 5.82 Å². The Morgan fingerprint density at radius 2 is 1.95 bits per heavy atom. The Balaban J connectivity index is 1.58. The number of hydrazone groups is 1. The molecule has 204 valence electrons. The molecule has 0 aromatic heterocycles. The topological polar surface area (TPSA) is 86.7 Å². The van der Waals surface area contributed by atoms with E-state index in [0.29, 0.717) is 49.7 Å². The molecule has 1 saturated heterocycles. The van der Waals surface area contributed by atoms with Crippen molar-refractivity contribution in [3.05, 3.63) is 65.5 Å². The van der Waals surface area contributed by atoms with E-state index in [1.54, 1.807) is 25.3 Å². The highest BCUT2D eigenvalue weighted by molar-refractivity contribution is 6.03. The summed E-state index contributed by atoms with van der Waals surface area (Å²) < 4.78 is 25.7. The molecule has 0 bridgehead atoms. The van der Waals surface area contributed by atoms with E-state index in [0.717, 1.165) is 18.7 Å². The van der Waals surface area contributed by atoms with E-state index >= 15 is 0 Å². The normalized spacial score (nSPS) is 17.9. The van der Waals surface area contributed by atoms with Gasteiger partial charge in [0.05, 0.1) is 32.1 Å². The number of nitrogens with zero attached hydrogens (tertiary/aromatic N) is 4. The first kappa shape index (κ1) is 27.5. The molecule has 2 aromatic rings. The number of methoxy groups -OCH3 is 1. The number of urea groups is 1. The van der Waals surface area contributed by atoms with Crippen molar-refractivity contribution < 1.29 is 23.5 Å². The summed E-state index contributed by atoms with van der Waals surface area (Å²) in [6.45, 7) is 7.42. The molecule has 9 nitrogen and oxygen atoms in total. The van der Waals surface area contributed by atoms with Gasteiger partial charge >= 0.3 is 6.03 Å². The summed E-state index contributed by atoms with van der Waals surface area (Å²) in [5, 5.41) is 8.87. The number of ether oxygens (including phenoxy) is 2. The highest BCUT2D eigenvalue weighted by Crippen LogP contribution is 2.34. The lowest BCUT2D eigenvalue weighted by atomic mass is 9.98. The van der Waals surface area contributed by atoms with Gasteiger partial charge in [0.1, 0.15) is 18.1 Å². The molecular weight excluding hydrogens is 489 g/mol. The lowest BCUT2D eigenvalue weighted by Gasteiger charge is -2.31. The monoisotopic (exact) mass is 525 g/mol. The van der Waals surface area contributed by atoms with Gasteiger partial charge in [-0.2, -0.15) is 5.10 Å². The Morgan fingerprint density at radius 1 is 1.18 bits per heavy atom. The molecule has 10 heteroatoms. The second-order valence-corrected chi connectivity index (χ2v) is 9.74. The minimum absolute atomic E-state index is 0.0841. The molecule has 2 heterocycles. The number of amides is 3. The summed E-state index contributed by atoms with van der Waals surface area (Å²) in [6, 6.07) is 12.8. The van der Waals surface area contributed by atoms with Crippen molar-refractivity contribution in [3.63, 3.8) is 0 Å². The van der Waals surface area contributed by atoms with E-state index in [9.17, 15) is 14.0 Å². The van der Waals surface area contributed by atoms with Gasteiger partial charge in [0, 0.05) is 49.8 Å². The molecular formula is C28H36FN5O4. The summed E-state index contributed by atoms with van der Waals surface area (Å²) in [4.78, 5) is 30.5. The van der Waals surface area contributed by atoms with Crippen molar-refractivity contribution in [1.29, 1.82) is 0 Å². The molecule has 4 rings (SSSR count). The van der Waals surface area contributed by atoms with Crippen molar-refractivity contribution >= 4 is 17.6 Å². The van der Waals surface area contributed by atoms with E-state index < -0.39 is 11.9 Å². The van der Waals surface area contributed by atoms with Crippen LogP contribution in [0.5, 0.6) is 5.75 Å². The van der Waals surface area contributed by atoms with Crippen LogP contribution in [0.4, 0.5) is 9.18 Å². The third-order valence-electron chi connectivity index (χ3n) is 6.65. The SMILES string of the molecule is COc1cccc(C2=NN(C(=O)CN(CCN3CCOCC3)C(=O)NC(C)C)[C@@H](c3ccccc3F)C2)c1. The fourth-order valence-corrected chi connectivity index (χ4v) is 4.62. The fraction of sp³-hybridized carbons (Fsp3) is 0.464. The lowest BCUT2D eigenvalue weighted by Crippen LogP contribution is -2.50. The Labute approximate surface area is 223 Å². The summed E-state index contributed by atoms with van der Waals surface area (Å²) >= 11 is 0. The van der Waals surface area contributed by atoms with E-state index in [2.05, 4.69) is 15.3 Å². The van der Waals surface area contributed by atoms with Crippen molar-refractivity contribution in [2.24, 2.45) is 5.10 Å². The second-order valence-electron chi connectivity index (χ2n) is 9.74. The lowest BCUT2D eigenvalue weighted by molar-refractivity contribution is -0.133. The fourth-order valence-electron chi connectivity index (χ4n) is 4.62. The molecule has 0 saturated carbocycles. The molecule has 2 aliphatic heterocycles. The Kier molecular flexibility index (Phi) is 9.30. The zero-order valence-electron chi connectivity index (χ0n) is 22.2. The molecule has 38 heavy (non-hydrogen) atoms. The van der Waals surface area contributed by atoms with Crippen LogP contribution < -0.4 is 10.1 Å². The van der Waals surface area contributed by atoms with Gasteiger partial charge in [-0.05, 0) is 32.0 Å².